The van der Waals surface area contributed by atoms with Gasteiger partial charge in [-0.05, 0) is 49.6 Å². The summed E-state index contributed by atoms with van der Waals surface area (Å²) < 4.78 is 19.0. The third-order valence-corrected chi connectivity index (χ3v) is 5.94. The predicted octanol–water partition coefficient (Wildman–Crippen LogP) is 4.45. The summed E-state index contributed by atoms with van der Waals surface area (Å²) in [6.07, 6.45) is 2.84. The Kier molecular flexibility index (Phi) is 6.23. The summed E-state index contributed by atoms with van der Waals surface area (Å²) in [7, 11) is 0. The molecule has 3 aromatic rings. The van der Waals surface area contributed by atoms with Gasteiger partial charge in [0, 0.05) is 27.9 Å². The van der Waals surface area contributed by atoms with Crippen LogP contribution in [0.2, 0.25) is 0 Å². The number of aromatic nitrogens is 1. The molecule has 1 atom stereocenters. The number of fused-ring (bicyclic) bond motifs is 1. The fraction of sp³-hybridized carbons (Fsp3) is 0.250. The van der Waals surface area contributed by atoms with E-state index in [1.165, 1.54) is 17.4 Å². The minimum Gasteiger partial charge on any atom is -0.486 e. The molecule has 0 aliphatic carbocycles. The van der Waals surface area contributed by atoms with Gasteiger partial charge in [-0.3, -0.25) is 4.79 Å². The van der Waals surface area contributed by atoms with Crippen LogP contribution in [0, 0.1) is 13.8 Å². The number of ketones is 1. The molecule has 6 nitrogen and oxygen atoms in total. The fourth-order valence-electron chi connectivity index (χ4n) is 3.52. The van der Waals surface area contributed by atoms with Crippen LogP contribution >= 0.6 is 11.3 Å². The van der Waals surface area contributed by atoms with E-state index in [4.69, 9.17) is 14.2 Å². The minimum atomic E-state index is -0.540. The Labute approximate surface area is 184 Å². The molecule has 7 heteroatoms. The highest BCUT2D eigenvalue weighted by molar-refractivity contribution is 7.10. The van der Waals surface area contributed by atoms with Crippen molar-refractivity contribution in [2.45, 2.75) is 26.5 Å². The van der Waals surface area contributed by atoms with Gasteiger partial charge in [-0.25, -0.2) is 4.79 Å². The quantitative estimate of drug-likeness (QED) is 0.310. The number of carbonyl (C=O) groups is 2. The van der Waals surface area contributed by atoms with E-state index in [9.17, 15) is 9.59 Å². The topological polar surface area (TPSA) is 66.8 Å². The highest BCUT2D eigenvalue weighted by atomic mass is 32.1. The van der Waals surface area contributed by atoms with Gasteiger partial charge in [0.15, 0.2) is 24.2 Å². The third kappa shape index (κ3) is 4.88. The van der Waals surface area contributed by atoms with Crippen LogP contribution in [0.25, 0.3) is 6.08 Å². The van der Waals surface area contributed by atoms with Crippen molar-refractivity contribution < 1.29 is 23.8 Å². The van der Waals surface area contributed by atoms with E-state index >= 15 is 0 Å². The lowest BCUT2D eigenvalue weighted by molar-refractivity contribution is -0.136. The first-order chi connectivity index (χ1) is 15.0. The second-order valence-electron chi connectivity index (χ2n) is 7.27. The average Bonchev–Trinajstić information content (AvgIpc) is 3.40. The van der Waals surface area contributed by atoms with Crippen molar-refractivity contribution in [1.82, 2.24) is 4.57 Å². The Morgan fingerprint density at radius 2 is 2.00 bits per heavy atom. The van der Waals surface area contributed by atoms with Crippen LogP contribution in [-0.2, 0) is 16.1 Å². The first kappa shape index (κ1) is 20.9. The number of nitrogens with zero attached hydrogens (tertiary/aromatic N) is 1. The number of hydrogen-bond donors (Lipinski definition) is 0. The van der Waals surface area contributed by atoms with Gasteiger partial charge in [0.2, 0.25) is 5.78 Å². The molecule has 2 aromatic heterocycles. The van der Waals surface area contributed by atoms with Gasteiger partial charge in [0.25, 0.3) is 0 Å². The van der Waals surface area contributed by atoms with E-state index in [-0.39, 0.29) is 18.5 Å². The van der Waals surface area contributed by atoms with Gasteiger partial charge >= 0.3 is 5.97 Å². The molecule has 1 aromatic carbocycles. The smallest absolute Gasteiger partial charge is 0.331 e. The molecule has 0 bridgehead atoms. The number of rotatable bonds is 7. The molecule has 1 aliphatic heterocycles. The Bertz CT molecular complexity index is 1110. The molecule has 4 rings (SSSR count). The minimum absolute atomic E-state index is 0.164. The molecule has 0 amide bonds. The lowest BCUT2D eigenvalue weighted by Gasteiger charge is -2.27. The number of thiophene rings is 1. The molecular weight excluding hydrogens is 414 g/mol. The molecule has 0 N–H and O–H groups in total. The van der Waals surface area contributed by atoms with Gasteiger partial charge in [0.05, 0.1) is 6.54 Å². The highest BCUT2D eigenvalue weighted by Crippen LogP contribution is 2.31. The van der Waals surface area contributed by atoms with Crippen LogP contribution < -0.4 is 9.47 Å². The van der Waals surface area contributed by atoms with Gasteiger partial charge < -0.3 is 18.8 Å². The van der Waals surface area contributed by atoms with Crippen LogP contribution in [-0.4, -0.2) is 35.6 Å². The average molecular weight is 438 g/mol. The summed E-state index contributed by atoms with van der Waals surface area (Å²) in [5, 5.41) is 1.92. The normalized spacial score (nSPS) is 15.2. The van der Waals surface area contributed by atoms with Crippen LogP contribution in [0.1, 0.15) is 26.6 Å². The molecule has 1 aliphatic rings. The molecule has 0 fully saturated rings. The van der Waals surface area contributed by atoms with E-state index in [1.54, 1.807) is 6.08 Å². The van der Waals surface area contributed by atoms with Crippen LogP contribution in [0.3, 0.4) is 0 Å². The molecule has 0 radical (unpaired) electrons. The largest absolute Gasteiger partial charge is 0.486 e. The summed E-state index contributed by atoms with van der Waals surface area (Å²) in [5.41, 5.74) is 2.30. The lowest BCUT2D eigenvalue weighted by Crippen LogP contribution is -2.33. The maximum Gasteiger partial charge on any atom is 0.331 e. The first-order valence-corrected chi connectivity index (χ1v) is 10.9. The lowest BCUT2D eigenvalue weighted by atomic mass is 10.1. The fourth-order valence-corrected chi connectivity index (χ4v) is 4.14. The SMILES string of the molecule is Cc1cc(C(=O)COC(=O)/C=C/c2cccs2)c(C)n1C[C@@H]1COc2ccccc2O1. The standard InChI is InChI=1S/C24H23NO5S/c1-16-12-20(21(26)15-29-24(27)10-9-19-6-5-11-31-19)17(2)25(16)13-18-14-28-22-7-3-4-8-23(22)30-18/h3-12,18H,13-15H2,1-2H3/b10-9+/t18-/m1/s1. The van der Waals surface area contributed by atoms with E-state index in [1.807, 2.05) is 66.3 Å². The van der Waals surface area contributed by atoms with Crippen molar-refractivity contribution in [2.75, 3.05) is 13.2 Å². The number of esters is 1. The number of hydrogen-bond acceptors (Lipinski definition) is 6. The second kappa shape index (κ2) is 9.22. The summed E-state index contributed by atoms with van der Waals surface area (Å²) in [6, 6.07) is 13.2. The summed E-state index contributed by atoms with van der Waals surface area (Å²) >= 11 is 1.52. The summed E-state index contributed by atoms with van der Waals surface area (Å²) in [4.78, 5) is 25.5. The van der Waals surface area contributed by atoms with Crippen LogP contribution in [0.15, 0.2) is 53.9 Å². The molecule has 3 heterocycles. The number of para-hydroxylation sites is 2. The van der Waals surface area contributed by atoms with Gasteiger partial charge in [-0.15, -0.1) is 11.3 Å². The van der Waals surface area contributed by atoms with Crippen molar-refractivity contribution in [3.05, 3.63) is 75.7 Å². The molecular formula is C24H23NO5S. The Balaban J connectivity index is 1.37. The number of Topliss-reactive ketones (excluding diaryl/α,β-unsaturated/α-hetero) is 1. The van der Waals surface area contributed by atoms with Gasteiger partial charge in [-0.1, -0.05) is 18.2 Å². The number of aryl methyl sites for hydroxylation is 1. The second-order valence-corrected chi connectivity index (χ2v) is 8.25. The number of ether oxygens (including phenoxy) is 3. The van der Waals surface area contributed by atoms with Crippen LogP contribution in [0.5, 0.6) is 11.5 Å². The van der Waals surface area contributed by atoms with Crippen molar-refractivity contribution in [1.29, 1.82) is 0 Å². The molecule has 0 saturated heterocycles. The molecule has 0 spiro atoms. The van der Waals surface area contributed by atoms with E-state index < -0.39 is 5.97 Å². The first-order valence-electron chi connectivity index (χ1n) is 9.98. The van der Waals surface area contributed by atoms with Crippen molar-refractivity contribution in [3.8, 4) is 11.5 Å². The van der Waals surface area contributed by atoms with Gasteiger partial charge in [-0.2, -0.15) is 0 Å². The number of benzene rings is 1. The van der Waals surface area contributed by atoms with E-state index in [2.05, 4.69) is 0 Å². The molecule has 160 valence electrons. The maximum atomic E-state index is 12.7. The van der Waals surface area contributed by atoms with Crippen molar-refractivity contribution >= 4 is 29.2 Å². The summed E-state index contributed by atoms with van der Waals surface area (Å²) in [5.74, 6) is 0.691. The highest BCUT2D eigenvalue weighted by Gasteiger charge is 2.24. The monoisotopic (exact) mass is 437 g/mol. The zero-order valence-corrected chi connectivity index (χ0v) is 18.2. The zero-order valence-electron chi connectivity index (χ0n) is 17.4. The van der Waals surface area contributed by atoms with Crippen molar-refractivity contribution in [3.63, 3.8) is 0 Å². The number of carbonyl (C=O) groups excluding carboxylic acids is 2. The summed E-state index contributed by atoms with van der Waals surface area (Å²) in [6.45, 7) is 4.52. The Morgan fingerprint density at radius 1 is 1.19 bits per heavy atom. The third-order valence-electron chi connectivity index (χ3n) is 5.10. The van der Waals surface area contributed by atoms with Crippen molar-refractivity contribution in [2.24, 2.45) is 0 Å². The molecule has 0 saturated carbocycles. The molecule has 0 unspecified atom stereocenters. The predicted molar refractivity (Wildman–Crippen MR) is 119 cm³/mol. The molecule has 31 heavy (non-hydrogen) atoms. The Morgan fingerprint density at radius 3 is 2.77 bits per heavy atom. The Hall–Kier alpha value is -3.32. The van der Waals surface area contributed by atoms with Gasteiger partial charge in [0.1, 0.15) is 6.61 Å². The zero-order chi connectivity index (χ0) is 21.8. The maximum absolute atomic E-state index is 12.7. The van der Waals surface area contributed by atoms with E-state index in [0.29, 0.717) is 18.7 Å². The van der Waals surface area contributed by atoms with E-state index in [0.717, 1.165) is 27.8 Å². The van der Waals surface area contributed by atoms with Crippen LogP contribution in [0.4, 0.5) is 0 Å².